The fourth-order valence-electron chi connectivity index (χ4n) is 4.06. The lowest BCUT2D eigenvalue weighted by molar-refractivity contribution is 0.0783. The molecule has 1 aliphatic rings. The Morgan fingerprint density at radius 2 is 1.94 bits per heavy atom. The highest BCUT2D eigenvalue weighted by molar-refractivity contribution is 7.98. The fourth-order valence-corrected chi connectivity index (χ4v) is 4.60. The number of carbonyl (C=O) groups excluding carboxylic acids is 1. The maximum atomic E-state index is 13.4. The largest absolute Gasteiger partial charge is 0.340 e. The second-order valence-corrected chi connectivity index (χ2v) is 8.77. The second kappa shape index (κ2) is 10.3. The van der Waals surface area contributed by atoms with Crippen molar-refractivity contribution in [1.29, 1.82) is 0 Å². The van der Waals surface area contributed by atoms with Gasteiger partial charge in [0.15, 0.2) is 5.16 Å². The van der Waals surface area contributed by atoms with Crippen molar-refractivity contribution in [2.45, 2.75) is 36.5 Å². The fraction of sp³-hybridized carbons (Fsp3) is 0.333. The van der Waals surface area contributed by atoms with Crippen LogP contribution < -0.4 is 10.9 Å². The molecule has 2 N–H and O–H groups in total. The Kier molecular flexibility index (Phi) is 7.24. The van der Waals surface area contributed by atoms with Crippen LogP contribution in [0.1, 0.15) is 41.4 Å². The van der Waals surface area contributed by atoms with Gasteiger partial charge in [0.05, 0.1) is 6.20 Å². The Hall–Kier alpha value is -2.68. The van der Waals surface area contributed by atoms with Crippen LogP contribution in [0.15, 0.2) is 66.0 Å². The number of imidazole rings is 1. The summed E-state index contributed by atoms with van der Waals surface area (Å²) in [5.74, 6) is -0.407. The van der Waals surface area contributed by atoms with Gasteiger partial charge in [0.1, 0.15) is 11.5 Å². The van der Waals surface area contributed by atoms with E-state index in [1.807, 2.05) is 19.4 Å². The highest BCUT2D eigenvalue weighted by atomic mass is 32.2. The van der Waals surface area contributed by atoms with Crippen molar-refractivity contribution in [3.05, 3.63) is 77.9 Å². The lowest BCUT2D eigenvalue weighted by Crippen LogP contribution is -2.33. The van der Waals surface area contributed by atoms with Crippen molar-refractivity contribution in [3.8, 4) is 5.69 Å². The Labute approximate surface area is 192 Å². The van der Waals surface area contributed by atoms with Gasteiger partial charge in [-0.25, -0.2) is 9.37 Å². The van der Waals surface area contributed by atoms with Gasteiger partial charge >= 0.3 is 0 Å². The summed E-state index contributed by atoms with van der Waals surface area (Å²) < 4.78 is 15.2. The molecule has 32 heavy (non-hydrogen) atoms. The number of aromatic nitrogens is 2. The van der Waals surface area contributed by atoms with Crippen LogP contribution in [0.4, 0.5) is 4.39 Å². The molecule has 2 unspecified atom stereocenters. The van der Waals surface area contributed by atoms with Gasteiger partial charge in [-0.2, -0.15) is 0 Å². The summed E-state index contributed by atoms with van der Waals surface area (Å²) in [5.41, 5.74) is 9.25. The van der Waals surface area contributed by atoms with Crippen molar-refractivity contribution in [1.82, 2.24) is 25.3 Å². The SMILES string of the molecule is CSc1ncc(C(=O)N(C)CCCC2CC(c3ccccc3)NN2)n1-c1ccc(F)cc1. The molecule has 2 aromatic carbocycles. The molecule has 0 bridgehead atoms. The third kappa shape index (κ3) is 5.03. The third-order valence-corrected chi connectivity index (χ3v) is 6.45. The maximum Gasteiger partial charge on any atom is 0.272 e. The maximum absolute atomic E-state index is 13.4. The second-order valence-electron chi connectivity index (χ2n) is 8.00. The highest BCUT2D eigenvalue weighted by Crippen LogP contribution is 2.25. The number of nitrogens with one attached hydrogen (secondary N) is 2. The highest BCUT2D eigenvalue weighted by Gasteiger charge is 2.25. The van der Waals surface area contributed by atoms with Gasteiger partial charge in [-0.15, -0.1) is 0 Å². The smallest absolute Gasteiger partial charge is 0.272 e. The number of hydrogen-bond acceptors (Lipinski definition) is 5. The summed E-state index contributed by atoms with van der Waals surface area (Å²) in [6.07, 6.45) is 6.40. The molecule has 4 rings (SSSR count). The molecule has 1 aliphatic heterocycles. The van der Waals surface area contributed by atoms with E-state index in [1.165, 1.54) is 29.5 Å². The van der Waals surface area contributed by atoms with E-state index >= 15 is 0 Å². The molecule has 1 fully saturated rings. The molecule has 8 heteroatoms. The molecule has 2 atom stereocenters. The van der Waals surface area contributed by atoms with Gasteiger partial charge in [-0.05, 0) is 55.3 Å². The van der Waals surface area contributed by atoms with Gasteiger partial charge < -0.3 is 4.90 Å². The molecule has 0 spiro atoms. The predicted molar refractivity (Wildman–Crippen MR) is 125 cm³/mol. The number of carbonyl (C=O) groups is 1. The molecule has 0 aliphatic carbocycles. The van der Waals surface area contributed by atoms with E-state index in [2.05, 4.69) is 40.1 Å². The van der Waals surface area contributed by atoms with E-state index in [4.69, 9.17) is 0 Å². The average molecular weight is 454 g/mol. The molecular formula is C24H28FN5OS. The summed E-state index contributed by atoms with van der Waals surface area (Å²) in [6, 6.07) is 17.2. The van der Waals surface area contributed by atoms with Crippen molar-refractivity contribution in [2.24, 2.45) is 0 Å². The van der Waals surface area contributed by atoms with E-state index in [9.17, 15) is 9.18 Å². The zero-order valence-corrected chi connectivity index (χ0v) is 19.1. The van der Waals surface area contributed by atoms with Crippen LogP contribution in [0.5, 0.6) is 0 Å². The quantitative estimate of drug-likeness (QED) is 0.501. The van der Waals surface area contributed by atoms with Crippen molar-refractivity contribution in [3.63, 3.8) is 0 Å². The number of hydrazine groups is 1. The molecular weight excluding hydrogens is 425 g/mol. The first-order chi connectivity index (χ1) is 15.6. The zero-order valence-electron chi connectivity index (χ0n) is 18.3. The van der Waals surface area contributed by atoms with Gasteiger partial charge in [0.25, 0.3) is 5.91 Å². The van der Waals surface area contributed by atoms with Crippen LogP contribution in [0.3, 0.4) is 0 Å². The molecule has 1 aromatic heterocycles. The standard InChI is InChI=1S/C24H28FN5OS/c1-29(14-6-9-19-15-21(28-27-19)17-7-4-3-5-8-17)23(31)22-16-26-24(32-2)30(22)20-12-10-18(25)11-13-20/h3-5,7-8,10-13,16,19,21,27-28H,6,9,14-15H2,1-2H3. The average Bonchev–Trinajstić information content (AvgIpc) is 3.47. The first-order valence-electron chi connectivity index (χ1n) is 10.8. The first kappa shape index (κ1) is 22.5. The van der Waals surface area contributed by atoms with Crippen molar-refractivity contribution >= 4 is 17.7 Å². The molecule has 1 amide bonds. The number of amides is 1. The molecule has 0 radical (unpaired) electrons. The van der Waals surface area contributed by atoms with Crippen LogP contribution >= 0.6 is 11.8 Å². The summed E-state index contributed by atoms with van der Waals surface area (Å²) in [6.45, 7) is 0.649. The van der Waals surface area contributed by atoms with Crippen molar-refractivity contribution < 1.29 is 9.18 Å². The molecule has 168 valence electrons. The lowest BCUT2D eigenvalue weighted by Gasteiger charge is -2.19. The predicted octanol–water partition coefficient (Wildman–Crippen LogP) is 4.19. The van der Waals surface area contributed by atoms with Crippen LogP contribution in [-0.2, 0) is 0 Å². The van der Waals surface area contributed by atoms with Crippen molar-refractivity contribution in [2.75, 3.05) is 19.8 Å². The molecule has 0 saturated carbocycles. The van der Waals surface area contributed by atoms with E-state index in [0.29, 0.717) is 29.5 Å². The summed E-state index contributed by atoms with van der Waals surface area (Å²) in [7, 11) is 1.82. The monoisotopic (exact) mass is 453 g/mol. The van der Waals surface area contributed by atoms with Crippen LogP contribution in [0, 0.1) is 5.82 Å². The summed E-state index contributed by atoms with van der Waals surface area (Å²) >= 11 is 1.45. The van der Waals surface area contributed by atoms with Gasteiger partial charge in [0, 0.05) is 31.4 Å². The Morgan fingerprint density at radius 3 is 2.66 bits per heavy atom. The van der Waals surface area contributed by atoms with Gasteiger partial charge in [0.2, 0.25) is 0 Å². The third-order valence-electron chi connectivity index (χ3n) is 5.79. The van der Waals surface area contributed by atoms with Gasteiger partial charge in [-0.1, -0.05) is 42.1 Å². The minimum atomic E-state index is -0.311. The van der Waals surface area contributed by atoms with E-state index < -0.39 is 0 Å². The molecule has 1 saturated heterocycles. The Morgan fingerprint density at radius 1 is 1.19 bits per heavy atom. The topological polar surface area (TPSA) is 62.2 Å². The van der Waals surface area contributed by atoms with Crippen LogP contribution in [0.25, 0.3) is 5.69 Å². The normalized spacial score (nSPS) is 18.1. The van der Waals surface area contributed by atoms with E-state index in [-0.39, 0.29) is 11.7 Å². The molecule has 2 heterocycles. The first-order valence-corrected chi connectivity index (χ1v) is 12.0. The molecule has 6 nitrogen and oxygen atoms in total. The number of halogens is 1. The minimum Gasteiger partial charge on any atom is -0.340 e. The number of benzene rings is 2. The zero-order chi connectivity index (χ0) is 22.5. The van der Waals surface area contributed by atoms with Crippen LogP contribution in [-0.4, -0.2) is 46.2 Å². The van der Waals surface area contributed by atoms with E-state index in [1.54, 1.807) is 27.8 Å². The molecule has 3 aromatic rings. The number of rotatable bonds is 8. The lowest BCUT2D eigenvalue weighted by atomic mass is 10.00. The number of nitrogens with zero attached hydrogens (tertiary/aromatic N) is 3. The summed E-state index contributed by atoms with van der Waals surface area (Å²) in [4.78, 5) is 19.3. The number of thioether (sulfide) groups is 1. The van der Waals surface area contributed by atoms with Gasteiger partial charge in [-0.3, -0.25) is 20.2 Å². The van der Waals surface area contributed by atoms with Crippen LogP contribution in [0.2, 0.25) is 0 Å². The Balaban J connectivity index is 1.35. The number of hydrogen-bond donors (Lipinski definition) is 2. The summed E-state index contributed by atoms with van der Waals surface area (Å²) in [5, 5.41) is 0.696. The minimum absolute atomic E-state index is 0.0956. The van der Waals surface area contributed by atoms with E-state index in [0.717, 1.165) is 24.9 Å². The Bertz CT molecular complexity index is 1040.